The number of ether oxygens (including phenoxy) is 7. The summed E-state index contributed by atoms with van der Waals surface area (Å²) in [7, 11) is 0. The van der Waals surface area contributed by atoms with Crippen LogP contribution in [0.25, 0.3) is 0 Å². The van der Waals surface area contributed by atoms with E-state index in [4.69, 9.17) is 33.2 Å². The fourth-order valence-electron chi connectivity index (χ4n) is 3.81. The van der Waals surface area contributed by atoms with Gasteiger partial charge >= 0.3 is 30.0 Å². The van der Waals surface area contributed by atoms with Gasteiger partial charge in [0.05, 0.1) is 37.6 Å². The highest BCUT2D eigenvalue weighted by Gasteiger charge is 2.15. The molecule has 0 fully saturated rings. The molecule has 0 aliphatic carbocycles. The zero-order chi connectivity index (χ0) is 34.7. The predicted molar refractivity (Wildman–Crippen MR) is 172 cm³/mol. The molecular weight excluding hydrogens is 624 g/mol. The highest BCUT2D eigenvalue weighted by atomic mass is 16.7. The van der Waals surface area contributed by atoms with Gasteiger partial charge in [-0.3, -0.25) is 0 Å². The zero-order valence-electron chi connectivity index (χ0n) is 26.5. The minimum atomic E-state index is -0.912. The van der Waals surface area contributed by atoms with Gasteiger partial charge in [-0.2, -0.15) is 0 Å². The third-order valence-electron chi connectivity index (χ3n) is 6.33. The molecule has 3 aromatic rings. The molecule has 0 aromatic heterocycles. The summed E-state index contributed by atoms with van der Waals surface area (Å²) in [6, 6.07) is 16.8. The third kappa shape index (κ3) is 12.8. The highest BCUT2D eigenvalue weighted by molar-refractivity contribution is 5.92. The fraction of sp³-hybridized carbons (Fsp3) is 0.250. The average molecular weight is 661 g/mol. The van der Waals surface area contributed by atoms with Crippen molar-refractivity contribution in [3.8, 4) is 23.0 Å². The van der Waals surface area contributed by atoms with Crippen molar-refractivity contribution in [3.05, 3.63) is 109 Å². The monoisotopic (exact) mass is 660 g/mol. The molecule has 0 spiro atoms. The van der Waals surface area contributed by atoms with Crippen LogP contribution in [0.5, 0.6) is 23.0 Å². The molecule has 12 nitrogen and oxygen atoms in total. The Morgan fingerprint density at radius 1 is 0.562 bits per heavy atom. The maximum absolute atomic E-state index is 12.7. The molecule has 0 unspecified atom stereocenters. The molecule has 48 heavy (non-hydrogen) atoms. The third-order valence-corrected chi connectivity index (χ3v) is 6.33. The molecular formula is C36H36O12. The summed E-state index contributed by atoms with van der Waals surface area (Å²) in [5.74, 6) is -0.921. The van der Waals surface area contributed by atoms with E-state index in [0.717, 1.165) is 12.2 Å². The number of aryl methyl sites for hydroxylation is 1. The molecule has 0 bridgehead atoms. The second-order valence-electron chi connectivity index (χ2n) is 9.96. The molecule has 0 atom stereocenters. The van der Waals surface area contributed by atoms with E-state index in [-0.39, 0.29) is 42.6 Å². The molecule has 0 heterocycles. The van der Waals surface area contributed by atoms with Gasteiger partial charge in [0.15, 0.2) is 0 Å². The first-order valence-corrected chi connectivity index (χ1v) is 15.0. The van der Waals surface area contributed by atoms with Gasteiger partial charge in [-0.25, -0.2) is 24.0 Å². The Morgan fingerprint density at radius 2 is 1.04 bits per heavy atom. The van der Waals surface area contributed by atoms with Crippen LogP contribution in [0.4, 0.5) is 4.79 Å². The average Bonchev–Trinajstić information content (AvgIpc) is 3.09. The zero-order valence-corrected chi connectivity index (χ0v) is 26.5. The number of carbonyl (C=O) groups excluding carboxylic acids is 5. The van der Waals surface area contributed by atoms with Crippen molar-refractivity contribution in [2.75, 3.05) is 26.4 Å². The fourth-order valence-corrected chi connectivity index (χ4v) is 3.81. The quantitative estimate of drug-likeness (QED) is 0.0374. The Hall–Kier alpha value is -5.91. The summed E-state index contributed by atoms with van der Waals surface area (Å²) in [5.41, 5.74) is 1.08. The van der Waals surface area contributed by atoms with E-state index in [1.807, 2.05) is 0 Å². The SMILES string of the molecule is C=CC(=O)OCCCCOC(=O)Oc1ccc(C(=O)Oc2ccc(OC(=O)c3ccc(OCCCCOC(=O)C=C)cc3)cc2C)cc1. The summed E-state index contributed by atoms with van der Waals surface area (Å²) in [4.78, 5) is 59.2. The smallest absolute Gasteiger partial charge is 0.494 e. The van der Waals surface area contributed by atoms with Crippen LogP contribution in [-0.2, 0) is 23.8 Å². The van der Waals surface area contributed by atoms with Crippen LogP contribution in [0.15, 0.2) is 92.0 Å². The summed E-state index contributed by atoms with van der Waals surface area (Å²) in [6.07, 6.45) is 3.57. The number of carbonyl (C=O) groups is 5. The molecule has 0 saturated carbocycles. The lowest BCUT2D eigenvalue weighted by Gasteiger charge is -2.11. The largest absolute Gasteiger partial charge is 0.513 e. The number of benzene rings is 3. The van der Waals surface area contributed by atoms with Crippen LogP contribution in [0, 0.1) is 6.92 Å². The Morgan fingerprint density at radius 3 is 1.58 bits per heavy atom. The molecule has 3 aromatic carbocycles. The number of hydrogen-bond donors (Lipinski definition) is 0. The van der Waals surface area contributed by atoms with Crippen LogP contribution in [-0.4, -0.2) is 56.5 Å². The maximum Gasteiger partial charge on any atom is 0.513 e. The summed E-state index contributed by atoms with van der Waals surface area (Å²) in [5, 5.41) is 0. The van der Waals surface area contributed by atoms with Crippen LogP contribution >= 0.6 is 0 Å². The van der Waals surface area contributed by atoms with Gasteiger partial charge < -0.3 is 33.2 Å². The van der Waals surface area contributed by atoms with Crippen molar-refractivity contribution in [1.29, 1.82) is 0 Å². The predicted octanol–water partition coefficient (Wildman–Crippen LogP) is 6.35. The lowest BCUT2D eigenvalue weighted by atomic mass is 10.2. The second kappa shape index (κ2) is 19.6. The van der Waals surface area contributed by atoms with Crippen molar-refractivity contribution < 1.29 is 57.1 Å². The lowest BCUT2D eigenvalue weighted by Crippen LogP contribution is -2.13. The molecule has 0 amide bonds. The molecule has 12 heteroatoms. The molecule has 0 radical (unpaired) electrons. The van der Waals surface area contributed by atoms with Gasteiger partial charge in [0, 0.05) is 12.2 Å². The first kappa shape index (κ1) is 36.6. The summed E-state index contributed by atoms with van der Waals surface area (Å²) in [6.45, 7) is 9.31. The first-order chi connectivity index (χ1) is 23.2. The van der Waals surface area contributed by atoms with Crippen molar-refractivity contribution in [2.24, 2.45) is 0 Å². The number of rotatable bonds is 18. The van der Waals surface area contributed by atoms with E-state index < -0.39 is 30.0 Å². The number of hydrogen-bond acceptors (Lipinski definition) is 12. The molecule has 3 rings (SSSR count). The molecule has 0 aliphatic heterocycles. The van der Waals surface area contributed by atoms with E-state index in [1.54, 1.807) is 37.3 Å². The van der Waals surface area contributed by atoms with E-state index >= 15 is 0 Å². The van der Waals surface area contributed by atoms with Crippen molar-refractivity contribution in [1.82, 2.24) is 0 Å². The number of esters is 4. The first-order valence-electron chi connectivity index (χ1n) is 15.0. The molecule has 0 N–H and O–H groups in total. The van der Waals surface area contributed by atoms with Crippen LogP contribution in [0.2, 0.25) is 0 Å². The van der Waals surface area contributed by atoms with Crippen LogP contribution in [0.3, 0.4) is 0 Å². The van der Waals surface area contributed by atoms with Gasteiger partial charge in [0.2, 0.25) is 0 Å². The topological polar surface area (TPSA) is 150 Å². The molecule has 0 aliphatic rings. The van der Waals surface area contributed by atoms with E-state index in [0.29, 0.717) is 49.2 Å². The Labute approximate surface area is 277 Å². The highest BCUT2D eigenvalue weighted by Crippen LogP contribution is 2.26. The van der Waals surface area contributed by atoms with E-state index in [1.165, 1.54) is 36.4 Å². The van der Waals surface area contributed by atoms with E-state index in [2.05, 4.69) is 13.2 Å². The maximum atomic E-state index is 12.7. The van der Waals surface area contributed by atoms with Gasteiger partial charge in [-0.15, -0.1) is 0 Å². The summed E-state index contributed by atoms with van der Waals surface area (Å²) < 4.78 is 36.4. The lowest BCUT2D eigenvalue weighted by molar-refractivity contribution is -0.138. The Balaban J connectivity index is 1.41. The normalized spacial score (nSPS) is 10.2. The van der Waals surface area contributed by atoms with E-state index in [9.17, 15) is 24.0 Å². The molecule has 0 saturated heterocycles. The van der Waals surface area contributed by atoms with Crippen LogP contribution in [0.1, 0.15) is 52.0 Å². The number of unbranched alkanes of at least 4 members (excludes halogenated alkanes) is 2. The Bertz CT molecular complexity index is 1580. The standard InChI is InChI=1S/C36H36O12/c1-4-32(37)43-21-7-6-20-42-28-14-10-26(11-15-28)34(39)46-30-18-19-31(25(3)24-30)48-35(40)27-12-16-29(17-13-27)47-36(41)45-23-9-8-22-44-33(38)5-2/h4-5,10-19,24H,1-2,6-9,20-23H2,3H3. The van der Waals surface area contributed by atoms with Gasteiger partial charge in [0.25, 0.3) is 0 Å². The van der Waals surface area contributed by atoms with Crippen molar-refractivity contribution >= 4 is 30.0 Å². The van der Waals surface area contributed by atoms with Gasteiger partial charge in [0.1, 0.15) is 23.0 Å². The molecule has 252 valence electrons. The Kier molecular flexibility index (Phi) is 14.9. The van der Waals surface area contributed by atoms with Gasteiger partial charge in [-0.05, 0) is 105 Å². The van der Waals surface area contributed by atoms with Crippen LogP contribution < -0.4 is 18.9 Å². The minimum Gasteiger partial charge on any atom is -0.494 e. The summed E-state index contributed by atoms with van der Waals surface area (Å²) >= 11 is 0. The van der Waals surface area contributed by atoms with Gasteiger partial charge in [-0.1, -0.05) is 13.2 Å². The second-order valence-corrected chi connectivity index (χ2v) is 9.96. The minimum absolute atomic E-state index is 0.0794. The van der Waals surface area contributed by atoms with Crippen molar-refractivity contribution in [3.63, 3.8) is 0 Å². The van der Waals surface area contributed by atoms with Crippen molar-refractivity contribution in [2.45, 2.75) is 32.6 Å².